The van der Waals surface area contributed by atoms with Crippen molar-refractivity contribution in [2.45, 2.75) is 19.1 Å². The van der Waals surface area contributed by atoms with Crippen LogP contribution in [0.3, 0.4) is 0 Å². The van der Waals surface area contributed by atoms with Crippen LogP contribution < -0.4 is 4.74 Å². The fourth-order valence-electron chi connectivity index (χ4n) is 2.05. The number of aliphatic carboxylic acids is 1. The van der Waals surface area contributed by atoms with E-state index in [-0.39, 0.29) is 12.3 Å². The number of benzene rings is 2. The van der Waals surface area contributed by atoms with Crippen molar-refractivity contribution in [1.82, 2.24) is 0 Å². The second-order valence-corrected chi connectivity index (χ2v) is 5.34. The normalized spacial score (nSPS) is 11.5. The predicted octanol–water partition coefficient (Wildman–Crippen LogP) is 3.04. The number of esters is 1. The molecule has 1 atom stereocenters. The first kappa shape index (κ1) is 17.8. The number of carbonyl (C=O) groups excluding carboxylic acids is 1. The molecule has 126 valence electrons. The summed E-state index contributed by atoms with van der Waals surface area (Å²) in [5.74, 6) is -1.67. The van der Waals surface area contributed by atoms with Gasteiger partial charge in [0.05, 0.1) is 0 Å². The summed E-state index contributed by atoms with van der Waals surface area (Å²) < 4.78 is 10.5. The van der Waals surface area contributed by atoms with Crippen molar-refractivity contribution in [2.75, 3.05) is 5.88 Å². The molecule has 6 heteroatoms. The quantitative estimate of drug-likeness (QED) is 0.586. The number of carbonyl (C=O) groups is 2. The molecule has 0 saturated carbocycles. The van der Waals surface area contributed by atoms with Crippen LogP contribution in [-0.2, 0) is 27.4 Å². The molecule has 0 aliphatic heterocycles. The summed E-state index contributed by atoms with van der Waals surface area (Å²) in [6, 6.07) is 16.7. The summed E-state index contributed by atoms with van der Waals surface area (Å²) in [6.07, 6.45) is -1.19. The van der Waals surface area contributed by atoms with Gasteiger partial charge in [0.25, 0.3) is 0 Å². The standard InChI is InChI=1S/C18H17ClO5/c19-11-17(20)24-16(18(21)22)10-13-6-8-15(9-7-13)23-12-14-4-2-1-3-5-14/h1-9,16H,10-12H2,(H,21,22). The first-order chi connectivity index (χ1) is 11.6. The molecule has 2 rings (SSSR count). The second kappa shape index (κ2) is 8.93. The smallest absolute Gasteiger partial charge is 0.345 e. The molecule has 0 aliphatic carbocycles. The fraction of sp³-hybridized carbons (Fsp3) is 0.222. The van der Waals surface area contributed by atoms with Gasteiger partial charge in [0, 0.05) is 6.42 Å². The number of alkyl halides is 1. The SMILES string of the molecule is O=C(CCl)OC(Cc1ccc(OCc2ccccc2)cc1)C(=O)O. The van der Waals surface area contributed by atoms with E-state index in [2.05, 4.69) is 0 Å². The van der Waals surface area contributed by atoms with E-state index in [1.54, 1.807) is 24.3 Å². The van der Waals surface area contributed by atoms with Crippen molar-refractivity contribution in [1.29, 1.82) is 0 Å². The Hall–Kier alpha value is -2.53. The molecule has 2 aromatic rings. The molecule has 0 fully saturated rings. The molecule has 0 aromatic heterocycles. The van der Waals surface area contributed by atoms with Crippen LogP contribution in [0.15, 0.2) is 54.6 Å². The van der Waals surface area contributed by atoms with Gasteiger partial charge in [-0.1, -0.05) is 42.5 Å². The lowest BCUT2D eigenvalue weighted by Crippen LogP contribution is -2.29. The topological polar surface area (TPSA) is 72.8 Å². The molecule has 2 aromatic carbocycles. The number of ether oxygens (including phenoxy) is 2. The van der Waals surface area contributed by atoms with Crippen molar-refractivity contribution < 1.29 is 24.2 Å². The number of carboxylic acid groups (broad SMARTS) is 1. The van der Waals surface area contributed by atoms with Gasteiger partial charge in [0.2, 0.25) is 6.10 Å². The van der Waals surface area contributed by atoms with E-state index in [1.165, 1.54) is 0 Å². The number of hydrogen-bond acceptors (Lipinski definition) is 4. The van der Waals surface area contributed by atoms with Crippen LogP contribution in [-0.4, -0.2) is 29.0 Å². The van der Waals surface area contributed by atoms with E-state index in [9.17, 15) is 9.59 Å². The van der Waals surface area contributed by atoms with E-state index in [1.807, 2.05) is 30.3 Å². The molecule has 0 heterocycles. The fourth-order valence-corrected chi connectivity index (χ4v) is 2.11. The van der Waals surface area contributed by atoms with Gasteiger partial charge in [-0.2, -0.15) is 0 Å². The maximum absolute atomic E-state index is 11.2. The second-order valence-electron chi connectivity index (χ2n) is 5.07. The number of halogens is 1. The van der Waals surface area contributed by atoms with Gasteiger partial charge >= 0.3 is 11.9 Å². The average Bonchev–Trinajstić information content (AvgIpc) is 2.61. The zero-order valence-corrected chi connectivity index (χ0v) is 13.6. The number of rotatable bonds is 8. The molecule has 1 unspecified atom stereocenters. The van der Waals surface area contributed by atoms with Crippen LogP contribution in [0.5, 0.6) is 5.75 Å². The highest BCUT2D eigenvalue weighted by Crippen LogP contribution is 2.16. The molecule has 0 saturated heterocycles. The average molecular weight is 349 g/mol. The van der Waals surface area contributed by atoms with Crippen molar-refractivity contribution in [3.63, 3.8) is 0 Å². The number of carboxylic acids is 1. The Kier molecular flexibility index (Phi) is 6.63. The highest BCUT2D eigenvalue weighted by atomic mass is 35.5. The minimum Gasteiger partial charge on any atom is -0.489 e. The third-order valence-corrected chi connectivity index (χ3v) is 3.47. The largest absolute Gasteiger partial charge is 0.489 e. The Morgan fingerprint density at radius 2 is 1.67 bits per heavy atom. The lowest BCUT2D eigenvalue weighted by atomic mass is 10.1. The summed E-state index contributed by atoms with van der Waals surface area (Å²) >= 11 is 5.33. The van der Waals surface area contributed by atoms with Gasteiger partial charge in [-0.3, -0.25) is 4.79 Å². The van der Waals surface area contributed by atoms with Crippen LogP contribution in [0.2, 0.25) is 0 Å². The zero-order valence-electron chi connectivity index (χ0n) is 12.9. The van der Waals surface area contributed by atoms with Crippen molar-refractivity contribution in [2.24, 2.45) is 0 Å². The summed E-state index contributed by atoms with van der Waals surface area (Å²) in [5.41, 5.74) is 1.78. The minimum absolute atomic E-state index is 0.0664. The maximum Gasteiger partial charge on any atom is 0.345 e. The summed E-state index contributed by atoms with van der Waals surface area (Å²) in [6.45, 7) is 0.450. The summed E-state index contributed by atoms with van der Waals surface area (Å²) in [5, 5.41) is 9.10. The van der Waals surface area contributed by atoms with Crippen molar-refractivity contribution in [3.8, 4) is 5.75 Å². The molecule has 1 N–H and O–H groups in total. The third-order valence-electron chi connectivity index (χ3n) is 3.25. The molecular weight excluding hydrogens is 332 g/mol. The Bertz CT molecular complexity index is 670. The van der Waals surface area contributed by atoms with Gasteiger partial charge < -0.3 is 14.6 Å². The Labute approximate surface area is 144 Å². The summed E-state index contributed by atoms with van der Waals surface area (Å²) in [7, 11) is 0. The zero-order chi connectivity index (χ0) is 17.4. The van der Waals surface area contributed by atoms with E-state index in [0.717, 1.165) is 11.1 Å². The highest BCUT2D eigenvalue weighted by molar-refractivity contribution is 6.26. The van der Waals surface area contributed by atoms with Crippen LogP contribution in [0.25, 0.3) is 0 Å². The predicted molar refractivity (Wildman–Crippen MR) is 89.2 cm³/mol. The molecule has 0 radical (unpaired) electrons. The monoisotopic (exact) mass is 348 g/mol. The maximum atomic E-state index is 11.2. The molecule has 0 amide bonds. The molecule has 0 aliphatic rings. The van der Waals surface area contributed by atoms with E-state index in [0.29, 0.717) is 12.4 Å². The molecule has 0 bridgehead atoms. The molecular formula is C18H17ClO5. The van der Waals surface area contributed by atoms with Gasteiger partial charge in [0.15, 0.2) is 0 Å². The van der Waals surface area contributed by atoms with Crippen molar-refractivity contribution >= 4 is 23.5 Å². The van der Waals surface area contributed by atoms with Gasteiger partial charge in [-0.25, -0.2) is 4.79 Å². The Morgan fingerprint density at radius 3 is 2.25 bits per heavy atom. The Balaban J connectivity index is 1.92. The number of hydrogen-bond donors (Lipinski definition) is 1. The minimum atomic E-state index is -1.26. The van der Waals surface area contributed by atoms with Crippen molar-refractivity contribution in [3.05, 3.63) is 65.7 Å². The first-order valence-corrected chi connectivity index (χ1v) is 7.86. The van der Waals surface area contributed by atoms with Crippen LogP contribution >= 0.6 is 11.6 Å². The van der Waals surface area contributed by atoms with Gasteiger partial charge in [-0.15, -0.1) is 11.6 Å². The molecule has 0 spiro atoms. The van der Waals surface area contributed by atoms with E-state index < -0.39 is 18.0 Å². The molecule has 24 heavy (non-hydrogen) atoms. The summed E-state index contributed by atoms with van der Waals surface area (Å²) in [4.78, 5) is 22.3. The van der Waals surface area contributed by atoms with Crippen LogP contribution in [0.4, 0.5) is 0 Å². The van der Waals surface area contributed by atoms with Gasteiger partial charge in [0.1, 0.15) is 18.2 Å². The van der Waals surface area contributed by atoms with Gasteiger partial charge in [-0.05, 0) is 23.3 Å². The van der Waals surface area contributed by atoms with Crippen LogP contribution in [0.1, 0.15) is 11.1 Å². The first-order valence-electron chi connectivity index (χ1n) is 7.32. The lowest BCUT2D eigenvalue weighted by molar-refractivity contribution is -0.162. The third kappa shape index (κ3) is 5.59. The lowest BCUT2D eigenvalue weighted by Gasteiger charge is -2.13. The van der Waals surface area contributed by atoms with Crippen LogP contribution in [0, 0.1) is 0 Å². The molecule has 5 nitrogen and oxygen atoms in total. The highest BCUT2D eigenvalue weighted by Gasteiger charge is 2.22. The van der Waals surface area contributed by atoms with E-state index >= 15 is 0 Å². The Morgan fingerprint density at radius 1 is 1.00 bits per heavy atom. The van der Waals surface area contributed by atoms with E-state index in [4.69, 9.17) is 26.2 Å².